The van der Waals surface area contributed by atoms with Crippen molar-refractivity contribution in [1.29, 1.82) is 0 Å². The number of imidazole rings is 1. The summed E-state index contributed by atoms with van der Waals surface area (Å²) in [6.45, 7) is 1.48. The monoisotopic (exact) mass is 495 g/mol. The molecule has 4 heterocycles. The molecule has 1 saturated heterocycles. The number of hydrogen-bond donors (Lipinski definition) is 2. The van der Waals surface area contributed by atoms with Gasteiger partial charge in [0.1, 0.15) is 28.7 Å². The van der Waals surface area contributed by atoms with Crippen LogP contribution < -0.4 is 11.1 Å². The summed E-state index contributed by atoms with van der Waals surface area (Å²) >= 11 is 0. The Labute approximate surface area is 214 Å². The molecule has 1 atom stereocenters. The van der Waals surface area contributed by atoms with Crippen LogP contribution in [-0.2, 0) is 4.79 Å². The number of nitrogens with zero attached hydrogens (tertiary/aromatic N) is 5. The maximum absolute atomic E-state index is 12.8. The summed E-state index contributed by atoms with van der Waals surface area (Å²) in [5.74, 6) is 2.49. The maximum Gasteiger partial charge on any atom is 0.256 e. The van der Waals surface area contributed by atoms with Crippen molar-refractivity contribution in [3.8, 4) is 11.3 Å². The molecule has 2 fully saturated rings. The quantitative estimate of drug-likeness (QED) is 0.415. The van der Waals surface area contributed by atoms with E-state index in [1.165, 1.54) is 12.8 Å². The molecule has 2 amide bonds. The van der Waals surface area contributed by atoms with Gasteiger partial charge in [0, 0.05) is 55.1 Å². The lowest BCUT2D eigenvalue weighted by Crippen LogP contribution is -2.39. The number of aromatic nitrogens is 4. The van der Waals surface area contributed by atoms with Gasteiger partial charge in [-0.05, 0) is 55.9 Å². The molecule has 2 aliphatic rings. The Kier molecular flexibility index (Phi) is 6.04. The number of pyridine rings is 1. The van der Waals surface area contributed by atoms with Crippen molar-refractivity contribution in [2.75, 3.05) is 24.1 Å². The van der Waals surface area contributed by atoms with Crippen molar-refractivity contribution in [2.24, 2.45) is 5.92 Å². The molecule has 0 bridgehead atoms. The molecular weight excluding hydrogens is 466 g/mol. The zero-order valence-corrected chi connectivity index (χ0v) is 20.5. The van der Waals surface area contributed by atoms with Crippen LogP contribution in [0, 0.1) is 5.92 Å². The van der Waals surface area contributed by atoms with Gasteiger partial charge in [-0.25, -0.2) is 15.0 Å². The number of nitrogens with one attached hydrogen (secondary N) is 1. The number of likely N-dealkylation sites (tertiary alicyclic amines) is 1. The molecule has 4 aromatic rings. The lowest BCUT2D eigenvalue weighted by Gasteiger charge is -2.32. The highest BCUT2D eigenvalue weighted by Crippen LogP contribution is 2.36. The summed E-state index contributed by atoms with van der Waals surface area (Å²) in [5.41, 5.74) is 9.15. The van der Waals surface area contributed by atoms with Crippen LogP contribution in [0.2, 0.25) is 0 Å². The van der Waals surface area contributed by atoms with Crippen molar-refractivity contribution >= 4 is 29.0 Å². The predicted molar refractivity (Wildman–Crippen MR) is 141 cm³/mol. The minimum atomic E-state index is -0.236. The SMILES string of the molecule is Nc1nccn2c(C3CCCN(C(=O)CC4CC4)C3)nc(-c3ccc(C(=O)Nc4ccccn4)cc3)c12. The Hall–Kier alpha value is -4.27. The van der Waals surface area contributed by atoms with Gasteiger partial charge in [-0.15, -0.1) is 0 Å². The van der Waals surface area contributed by atoms with Gasteiger partial charge in [0.25, 0.3) is 5.91 Å². The Morgan fingerprint density at radius 2 is 1.86 bits per heavy atom. The van der Waals surface area contributed by atoms with Crippen molar-refractivity contribution in [1.82, 2.24) is 24.3 Å². The largest absolute Gasteiger partial charge is 0.382 e. The molecule has 3 N–H and O–H groups in total. The van der Waals surface area contributed by atoms with E-state index in [2.05, 4.69) is 15.3 Å². The fourth-order valence-electron chi connectivity index (χ4n) is 5.09. The summed E-state index contributed by atoms with van der Waals surface area (Å²) in [7, 11) is 0. The van der Waals surface area contributed by atoms with Crippen molar-refractivity contribution in [3.05, 3.63) is 72.4 Å². The number of nitrogen functional groups attached to an aromatic ring is 1. The minimum Gasteiger partial charge on any atom is -0.382 e. The van der Waals surface area contributed by atoms with Gasteiger partial charge in [-0.1, -0.05) is 18.2 Å². The van der Waals surface area contributed by atoms with Crippen molar-refractivity contribution in [3.63, 3.8) is 0 Å². The van der Waals surface area contributed by atoms with Crippen molar-refractivity contribution < 1.29 is 9.59 Å². The Morgan fingerprint density at radius 3 is 2.62 bits per heavy atom. The predicted octanol–water partition coefficient (Wildman–Crippen LogP) is 4.13. The average Bonchev–Trinajstić information content (AvgIpc) is 3.66. The van der Waals surface area contributed by atoms with E-state index in [9.17, 15) is 9.59 Å². The molecule has 1 aromatic carbocycles. The second kappa shape index (κ2) is 9.65. The van der Waals surface area contributed by atoms with E-state index in [1.54, 1.807) is 36.7 Å². The number of hydrogen-bond acceptors (Lipinski definition) is 6. The first-order valence-electron chi connectivity index (χ1n) is 12.8. The molecule has 188 valence electrons. The zero-order chi connectivity index (χ0) is 25.4. The number of nitrogens with two attached hydrogens (primary N) is 1. The second-order valence-electron chi connectivity index (χ2n) is 9.92. The van der Waals surface area contributed by atoms with Crippen LogP contribution in [0.1, 0.15) is 54.2 Å². The van der Waals surface area contributed by atoms with Crippen LogP contribution in [0.3, 0.4) is 0 Å². The fourth-order valence-corrected chi connectivity index (χ4v) is 5.09. The molecule has 0 radical (unpaired) electrons. The average molecular weight is 496 g/mol. The third-order valence-electron chi connectivity index (χ3n) is 7.24. The molecule has 1 aliphatic heterocycles. The molecule has 6 rings (SSSR count). The number of fused-ring (bicyclic) bond motifs is 1. The van der Waals surface area contributed by atoms with E-state index < -0.39 is 0 Å². The number of amides is 2. The first kappa shape index (κ1) is 23.1. The topological polar surface area (TPSA) is 119 Å². The highest BCUT2D eigenvalue weighted by molar-refractivity contribution is 6.04. The molecule has 9 heteroatoms. The third-order valence-corrected chi connectivity index (χ3v) is 7.24. The lowest BCUT2D eigenvalue weighted by molar-refractivity contribution is -0.132. The highest BCUT2D eigenvalue weighted by atomic mass is 16.2. The molecular formula is C28H29N7O2. The first-order chi connectivity index (χ1) is 18.1. The van der Waals surface area contributed by atoms with E-state index in [-0.39, 0.29) is 17.7 Å². The van der Waals surface area contributed by atoms with E-state index >= 15 is 0 Å². The number of carbonyl (C=O) groups excluding carboxylic acids is 2. The normalized spacial score (nSPS) is 17.6. The fraction of sp³-hybridized carbons (Fsp3) is 0.321. The highest BCUT2D eigenvalue weighted by Gasteiger charge is 2.32. The summed E-state index contributed by atoms with van der Waals surface area (Å²) in [6.07, 6.45) is 10.1. The van der Waals surface area contributed by atoms with Crippen LogP contribution in [0.4, 0.5) is 11.6 Å². The summed E-state index contributed by atoms with van der Waals surface area (Å²) in [4.78, 5) is 41.0. The lowest BCUT2D eigenvalue weighted by atomic mass is 9.96. The molecule has 1 unspecified atom stereocenters. The first-order valence-corrected chi connectivity index (χ1v) is 12.8. The summed E-state index contributed by atoms with van der Waals surface area (Å²) in [5, 5.41) is 2.80. The van der Waals surface area contributed by atoms with E-state index in [1.807, 2.05) is 33.7 Å². The standard InChI is InChI=1S/C28H29N7O2/c29-26-25-24(19-8-10-20(11-9-19)28(37)32-22-5-1-2-12-30-22)33-27(35(25)15-13-31-26)21-4-3-14-34(17-21)23(36)16-18-6-7-18/h1-2,5,8-13,15,18,21H,3-4,6-7,14,16-17H2,(H2,29,31)(H,30,32,37). The van der Waals surface area contributed by atoms with Gasteiger partial charge in [-0.3, -0.25) is 14.0 Å². The summed E-state index contributed by atoms with van der Waals surface area (Å²) < 4.78 is 2.01. The Balaban J connectivity index is 1.28. The van der Waals surface area contributed by atoms with Gasteiger partial charge in [-0.2, -0.15) is 0 Å². The minimum absolute atomic E-state index is 0.114. The third kappa shape index (κ3) is 4.76. The molecule has 9 nitrogen and oxygen atoms in total. The van der Waals surface area contributed by atoms with Crippen LogP contribution in [-0.4, -0.2) is 49.2 Å². The van der Waals surface area contributed by atoms with Gasteiger partial charge in [0.2, 0.25) is 5.91 Å². The molecule has 3 aromatic heterocycles. The van der Waals surface area contributed by atoms with E-state index in [4.69, 9.17) is 10.7 Å². The van der Waals surface area contributed by atoms with Gasteiger partial charge < -0.3 is 16.0 Å². The van der Waals surface area contributed by atoms with Crippen LogP contribution >= 0.6 is 0 Å². The smallest absolute Gasteiger partial charge is 0.256 e. The van der Waals surface area contributed by atoms with E-state index in [0.717, 1.165) is 42.0 Å². The maximum atomic E-state index is 12.8. The number of rotatable bonds is 6. The van der Waals surface area contributed by atoms with Gasteiger partial charge in [0.05, 0.1) is 0 Å². The molecule has 1 saturated carbocycles. The van der Waals surface area contributed by atoms with Crippen LogP contribution in [0.15, 0.2) is 61.1 Å². The molecule has 0 spiro atoms. The second-order valence-corrected chi connectivity index (χ2v) is 9.92. The molecule has 1 aliphatic carbocycles. The number of benzene rings is 1. The van der Waals surface area contributed by atoms with E-state index in [0.29, 0.717) is 36.1 Å². The molecule has 37 heavy (non-hydrogen) atoms. The van der Waals surface area contributed by atoms with Gasteiger partial charge >= 0.3 is 0 Å². The Bertz CT molecular complexity index is 1440. The zero-order valence-electron chi connectivity index (χ0n) is 20.5. The van der Waals surface area contributed by atoms with Crippen LogP contribution in [0.25, 0.3) is 16.8 Å². The number of carbonyl (C=O) groups is 2. The van der Waals surface area contributed by atoms with Crippen LogP contribution in [0.5, 0.6) is 0 Å². The number of anilines is 2. The van der Waals surface area contributed by atoms with Crippen molar-refractivity contribution in [2.45, 2.75) is 38.0 Å². The number of piperidine rings is 1. The summed E-state index contributed by atoms with van der Waals surface area (Å²) in [6, 6.07) is 12.6. The van der Waals surface area contributed by atoms with Gasteiger partial charge in [0.15, 0.2) is 0 Å². The Morgan fingerprint density at radius 1 is 1.03 bits per heavy atom.